The molecule has 1 amide bonds. The Labute approximate surface area is 126 Å². The molecule has 2 aliphatic rings. The van der Waals surface area contributed by atoms with Crippen LogP contribution in [-0.2, 0) is 9.53 Å². The molecule has 2 fully saturated rings. The lowest BCUT2D eigenvalue weighted by Crippen LogP contribution is -2.61. The lowest BCUT2D eigenvalue weighted by Gasteiger charge is -2.47. The summed E-state index contributed by atoms with van der Waals surface area (Å²) in [6, 6.07) is 0.108. The summed E-state index contributed by atoms with van der Waals surface area (Å²) in [4.78, 5) is 24.2. The van der Waals surface area contributed by atoms with E-state index >= 15 is 0 Å². The van der Waals surface area contributed by atoms with E-state index in [1.807, 2.05) is 4.90 Å². The van der Waals surface area contributed by atoms with Crippen molar-refractivity contribution in [1.29, 1.82) is 0 Å². The van der Waals surface area contributed by atoms with Gasteiger partial charge in [-0.3, -0.25) is 4.79 Å². The van der Waals surface area contributed by atoms with Gasteiger partial charge in [0.05, 0.1) is 23.2 Å². The van der Waals surface area contributed by atoms with Gasteiger partial charge in [-0.25, -0.2) is 9.97 Å². The van der Waals surface area contributed by atoms with E-state index in [1.54, 1.807) is 19.4 Å². The molecule has 0 bridgehead atoms. The summed E-state index contributed by atoms with van der Waals surface area (Å²) in [5.41, 5.74) is 0. The molecule has 2 saturated heterocycles. The molecule has 0 N–H and O–H groups in total. The van der Waals surface area contributed by atoms with Crippen molar-refractivity contribution in [2.45, 2.75) is 25.5 Å². The van der Waals surface area contributed by atoms with E-state index in [2.05, 4.69) is 30.8 Å². The molecule has 20 heavy (non-hydrogen) atoms. The second kappa shape index (κ2) is 5.65. The summed E-state index contributed by atoms with van der Waals surface area (Å²) in [6.07, 6.45) is 4.34. The normalized spacial score (nSPS) is 26.3. The predicted octanol–water partition coefficient (Wildman–Crippen LogP) is 1.07. The number of anilines is 1. The highest BCUT2D eigenvalue weighted by Gasteiger charge is 2.38. The molecule has 2 unspecified atom stereocenters. The number of halogens is 1. The standard InChI is InChI=1S/C13H17BrN4O2/c1-9(19)18-4-5-20-12-2-3-17(7-11(12)18)13-10(14)6-15-8-16-13/h6,8,11-12H,2-5,7H2,1H3. The van der Waals surface area contributed by atoms with Crippen LogP contribution in [0, 0.1) is 0 Å². The Morgan fingerprint density at radius 2 is 2.35 bits per heavy atom. The number of amides is 1. The SMILES string of the molecule is CC(=O)N1CCOC2CCN(c3ncncc3Br)CC21. The highest BCUT2D eigenvalue weighted by atomic mass is 79.9. The molecule has 3 heterocycles. The van der Waals surface area contributed by atoms with E-state index in [0.29, 0.717) is 13.2 Å². The minimum Gasteiger partial charge on any atom is -0.374 e. The van der Waals surface area contributed by atoms with Crippen LogP contribution >= 0.6 is 15.9 Å². The Morgan fingerprint density at radius 3 is 3.10 bits per heavy atom. The van der Waals surface area contributed by atoms with Crippen LogP contribution < -0.4 is 4.90 Å². The van der Waals surface area contributed by atoms with Gasteiger partial charge in [0, 0.05) is 32.8 Å². The lowest BCUT2D eigenvalue weighted by atomic mass is 9.98. The predicted molar refractivity (Wildman–Crippen MR) is 77.5 cm³/mol. The number of carbonyl (C=O) groups is 1. The molecule has 0 aliphatic carbocycles. The largest absolute Gasteiger partial charge is 0.374 e. The first-order valence-electron chi connectivity index (χ1n) is 6.76. The fraction of sp³-hybridized carbons (Fsp3) is 0.615. The number of hydrogen-bond donors (Lipinski definition) is 0. The van der Waals surface area contributed by atoms with Crippen molar-refractivity contribution in [3.05, 3.63) is 17.0 Å². The number of ether oxygens (including phenoxy) is 1. The van der Waals surface area contributed by atoms with Crippen molar-refractivity contribution in [2.75, 3.05) is 31.1 Å². The van der Waals surface area contributed by atoms with Gasteiger partial charge in [-0.1, -0.05) is 0 Å². The van der Waals surface area contributed by atoms with E-state index in [4.69, 9.17) is 4.74 Å². The zero-order valence-corrected chi connectivity index (χ0v) is 12.9. The van der Waals surface area contributed by atoms with Gasteiger partial charge < -0.3 is 14.5 Å². The minimum atomic E-state index is 0.108. The number of piperidine rings is 1. The molecule has 3 rings (SSSR count). The zero-order chi connectivity index (χ0) is 14.1. The van der Waals surface area contributed by atoms with Crippen molar-refractivity contribution < 1.29 is 9.53 Å². The summed E-state index contributed by atoms with van der Waals surface area (Å²) >= 11 is 3.49. The Morgan fingerprint density at radius 1 is 1.50 bits per heavy atom. The second-order valence-electron chi connectivity index (χ2n) is 5.12. The van der Waals surface area contributed by atoms with Gasteiger partial charge in [-0.2, -0.15) is 0 Å². The van der Waals surface area contributed by atoms with Gasteiger partial charge in [0.15, 0.2) is 0 Å². The molecule has 7 heteroatoms. The minimum absolute atomic E-state index is 0.108. The maximum Gasteiger partial charge on any atom is 0.219 e. The number of nitrogens with zero attached hydrogens (tertiary/aromatic N) is 4. The van der Waals surface area contributed by atoms with E-state index in [1.165, 1.54) is 0 Å². The molecule has 1 aromatic rings. The number of carbonyl (C=O) groups excluding carboxylic acids is 1. The summed E-state index contributed by atoms with van der Waals surface area (Å²) < 4.78 is 6.69. The molecule has 0 saturated carbocycles. The van der Waals surface area contributed by atoms with Gasteiger partial charge in [-0.15, -0.1) is 0 Å². The maximum atomic E-state index is 11.8. The van der Waals surface area contributed by atoms with Crippen molar-refractivity contribution in [3.8, 4) is 0 Å². The van der Waals surface area contributed by atoms with Gasteiger partial charge in [0.25, 0.3) is 0 Å². The van der Waals surface area contributed by atoms with E-state index in [-0.39, 0.29) is 18.1 Å². The summed E-state index contributed by atoms with van der Waals surface area (Å²) in [5, 5.41) is 0. The summed E-state index contributed by atoms with van der Waals surface area (Å²) in [5.74, 6) is 0.999. The monoisotopic (exact) mass is 340 g/mol. The van der Waals surface area contributed by atoms with Crippen LogP contribution in [0.2, 0.25) is 0 Å². The molecule has 1 aromatic heterocycles. The smallest absolute Gasteiger partial charge is 0.219 e. The van der Waals surface area contributed by atoms with Gasteiger partial charge in [0.1, 0.15) is 12.1 Å². The molecule has 0 aromatic carbocycles. The molecule has 0 spiro atoms. The van der Waals surface area contributed by atoms with Crippen LogP contribution in [0.3, 0.4) is 0 Å². The number of hydrogen-bond acceptors (Lipinski definition) is 5. The van der Waals surface area contributed by atoms with E-state index < -0.39 is 0 Å². The van der Waals surface area contributed by atoms with Gasteiger partial charge in [-0.05, 0) is 22.4 Å². The van der Waals surface area contributed by atoms with Gasteiger partial charge in [0.2, 0.25) is 5.91 Å². The zero-order valence-electron chi connectivity index (χ0n) is 11.3. The number of aromatic nitrogens is 2. The van der Waals surface area contributed by atoms with Crippen molar-refractivity contribution in [2.24, 2.45) is 0 Å². The first-order chi connectivity index (χ1) is 9.66. The molecular weight excluding hydrogens is 324 g/mol. The Balaban J connectivity index is 1.81. The van der Waals surface area contributed by atoms with E-state index in [9.17, 15) is 4.79 Å². The molecule has 0 radical (unpaired) electrons. The van der Waals surface area contributed by atoms with Crippen LogP contribution in [0.25, 0.3) is 0 Å². The number of fused-ring (bicyclic) bond motifs is 1. The quantitative estimate of drug-likeness (QED) is 0.765. The van der Waals surface area contributed by atoms with Gasteiger partial charge >= 0.3 is 0 Å². The van der Waals surface area contributed by atoms with Crippen molar-refractivity contribution in [1.82, 2.24) is 14.9 Å². The average molecular weight is 341 g/mol. The number of rotatable bonds is 1. The average Bonchev–Trinajstić information content (AvgIpc) is 2.46. The molecule has 2 atom stereocenters. The summed E-state index contributed by atoms with van der Waals surface area (Å²) in [7, 11) is 0. The van der Waals surface area contributed by atoms with Crippen LogP contribution in [-0.4, -0.2) is 59.2 Å². The molecule has 2 aliphatic heterocycles. The Kier molecular flexibility index (Phi) is 3.89. The third-order valence-corrected chi connectivity index (χ3v) is 4.50. The third-order valence-electron chi connectivity index (χ3n) is 3.94. The highest BCUT2D eigenvalue weighted by molar-refractivity contribution is 9.10. The van der Waals surface area contributed by atoms with Crippen molar-refractivity contribution >= 4 is 27.7 Å². The molecule has 6 nitrogen and oxygen atoms in total. The van der Waals surface area contributed by atoms with Crippen LogP contribution in [0.4, 0.5) is 5.82 Å². The third kappa shape index (κ3) is 2.52. The first kappa shape index (κ1) is 13.8. The molecular formula is C13H17BrN4O2. The van der Waals surface area contributed by atoms with Crippen LogP contribution in [0.5, 0.6) is 0 Å². The van der Waals surface area contributed by atoms with E-state index in [0.717, 1.165) is 29.8 Å². The molecule has 108 valence electrons. The fourth-order valence-corrected chi connectivity index (χ4v) is 3.47. The summed E-state index contributed by atoms with van der Waals surface area (Å²) in [6.45, 7) is 4.57. The maximum absolute atomic E-state index is 11.8. The topological polar surface area (TPSA) is 58.6 Å². The van der Waals surface area contributed by atoms with Crippen LogP contribution in [0.15, 0.2) is 17.0 Å². The number of morpholine rings is 1. The first-order valence-corrected chi connectivity index (χ1v) is 7.55. The Hall–Kier alpha value is -1.21. The second-order valence-corrected chi connectivity index (χ2v) is 5.97. The lowest BCUT2D eigenvalue weighted by molar-refractivity contribution is -0.145. The Bertz CT molecular complexity index is 513. The van der Waals surface area contributed by atoms with Crippen LogP contribution in [0.1, 0.15) is 13.3 Å². The fourth-order valence-electron chi connectivity index (χ4n) is 2.99. The van der Waals surface area contributed by atoms with Crippen molar-refractivity contribution in [3.63, 3.8) is 0 Å². The highest BCUT2D eigenvalue weighted by Crippen LogP contribution is 2.29.